The molecule has 1 atom stereocenters. The van der Waals surface area contributed by atoms with Crippen LogP contribution in [-0.2, 0) is 0 Å². The number of rotatable bonds is 7. The molecule has 1 aromatic heterocycles. The third kappa shape index (κ3) is 3.87. The van der Waals surface area contributed by atoms with Crippen molar-refractivity contribution in [3.63, 3.8) is 0 Å². The molecule has 0 spiro atoms. The maximum absolute atomic E-state index is 13.5. The van der Waals surface area contributed by atoms with Crippen molar-refractivity contribution in [2.75, 3.05) is 6.61 Å². The third-order valence-electron chi connectivity index (χ3n) is 3.34. The van der Waals surface area contributed by atoms with E-state index >= 15 is 0 Å². The average Bonchev–Trinajstić information content (AvgIpc) is 3.21. The molecule has 0 saturated heterocycles. The van der Waals surface area contributed by atoms with Gasteiger partial charge in [-0.2, -0.15) is 0 Å². The summed E-state index contributed by atoms with van der Waals surface area (Å²) in [7, 11) is 0. The number of hydrogen-bond acceptors (Lipinski definition) is 4. The lowest BCUT2D eigenvalue weighted by Crippen LogP contribution is -2.37. The van der Waals surface area contributed by atoms with Gasteiger partial charge < -0.3 is 14.9 Å². The van der Waals surface area contributed by atoms with Crippen molar-refractivity contribution in [3.8, 4) is 5.88 Å². The van der Waals surface area contributed by atoms with Gasteiger partial charge in [-0.15, -0.1) is 0 Å². The van der Waals surface area contributed by atoms with E-state index in [9.17, 15) is 13.6 Å². The first kappa shape index (κ1) is 15.6. The van der Waals surface area contributed by atoms with Crippen LogP contribution in [0.15, 0.2) is 12.1 Å². The van der Waals surface area contributed by atoms with E-state index in [4.69, 9.17) is 14.9 Å². The standard InChI is InChI=1S/C14H17F2NO4/c1-14(15,16)11(6-7-18)21-12-9(8-2-3-8)4-5-10(17-12)13(19)20/h4-5,8,11,18H,2-3,6-7H2,1H3,(H,19,20)/t11-/m1/s1. The first-order valence-electron chi connectivity index (χ1n) is 6.72. The van der Waals surface area contributed by atoms with Crippen LogP contribution in [0.4, 0.5) is 8.78 Å². The Morgan fingerprint density at radius 2 is 2.19 bits per heavy atom. The van der Waals surface area contributed by atoms with Gasteiger partial charge in [0.1, 0.15) is 0 Å². The smallest absolute Gasteiger partial charge is 0.354 e. The second-order valence-electron chi connectivity index (χ2n) is 5.25. The van der Waals surface area contributed by atoms with Crippen LogP contribution in [0, 0.1) is 0 Å². The van der Waals surface area contributed by atoms with Crippen LogP contribution < -0.4 is 4.74 Å². The number of carboxylic acid groups (broad SMARTS) is 1. The molecule has 0 bridgehead atoms. The van der Waals surface area contributed by atoms with Gasteiger partial charge in [0.15, 0.2) is 11.8 Å². The fourth-order valence-corrected chi connectivity index (χ4v) is 2.04. The normalized spacial score (nSPS) is 16.6. The van der Waals surface area contributed by atoms with Crippen LogP contribution in [0.3, 0.4) is 0 Å². The van der Waals surface area contributed by atoms with Gasteiger partial charge in [0.05, 0.1) is 0 Å². The number of carbonyl (C=O) groups is 1. The molecule has 1 saturated carbocycles. The molecular weight excluding hydrogens is 284 g/mol. The van der Waals surface area contributed by atoms with Crippen LogP contribution in [0.1, 0.15) is 48.2 Å². The highest BCUT2D eigenvalue weighted by Gasteiger charge is 2.38. The molecule has 5 nitrogen and oxygen atoms in total. The number of nitrogens with zero attached hydrogens (tertiary/aromatic N) is 1. The molecule has 0 unspecified atom stereocenters. The lowest BCUT2D eigenvalue weighted by Gasteiger charge is -2.24. The zero-order valence-electron chi connectivity index (χ0n) is 11.6. The van der Waals surface area contributed by atoms with Crippen molar-refractivity contribution < 1.29 is 28.5 Å². The minimum absolute atomic E-state index is 0.0719. The number of aromatic nitrogens is 1. The fraction of sp³-hybridized carbons (Fsp3) is 0.571. The number of halogens is 2. The van der Waals surface area contributed by atoms with E-state index in [1.165, 1.54) is 6.07 Å². The predicted octanol–water partition coefficient (Wildman–Crippen LogP) is 2.44. The summed E-state index contributed by atoms with van der Waals surface area (Å²) in [6, 6.07) is 2.90. The van der Waals surface area contributed by atoms with Gasteiger partial charge in [-0.3, -0.25) is 0 Å². The Morgan fingerprint density at radius 3 is 2.67 bits per heavy atom. The zero-order chi connectivity index (χ0) is 15.6. The van der Waals surface area contributed by atoms with Crippen molar-refractivity contribution in [2.45, 2.75) is 44.1 Å². The summed E-state index contributed by atoms with van der Waals surface area (Å²) in [4.78, 5) is 14.8. The summed E-state index contributed by atoms with van der Waals surface area (Å²) in [5.74, 6) is -4.30. The average molecular weight is 301 g/mol. The number of aromatic carboxylic acids is 1. The lowest BCUT2D eigenvalue weighted by molar-refractivity contribution is -0.0893. The Hall–Kier alpha value is -1.76. The molecule has 0 aliphatic heterocycles. The monoisotopic (exact) mass is 301 g/mol. The highest BCUT2D eigenvalue weighted by atomic mass is 19.3. The second kappa shape index (κ2) is 5.93. The number of aliphatic hydroxyl groups is 1. The molecule has 21 heavy (non-hydrogen) atoms. The van der Waals surface area contributed by atoms with Crippen molar-refractivity contribution in [2.24, 2.45) is 0 Å². The van der Waals surface area contributed by atoms with Crippen molar-refractivity contribution in [3.05, 3.63) is 23.4 Å². The van der Waals surface area contributed by atoms with Crippen molar-refractivity contribution in [1.82, 2.24) is 4.98 Å². The first-order chi connectivity index (χ1) is 9.82. The molecule has 116 valence electrons. The van der Waals surface area contributed by atoms with Crippen LogP contribution in [0.2, 0.25) is 0 Å². The molecule has 1 heterocycles. The number of ether oxygens (including phenoxy) is 1. The number of alkyl halides is 2. The van der Waals surface area contributed by atoms with E-state index in [0.29, 0.717) is 12.5 Å². The molecule has 0 radical (unpaired) electrons. The second-order valence-corrected chi connectivity index (χ2v) is 5.25. The van der Waals surface area contributed by atoms with Crippen LogP contribution in [0.5, 0.6) is 5.88 Å². The van der Waals surface area contributed by atoms with Gasteiger partial charge in [-0.1, -0.05) is 6.07 Å². The minimum atomic E-state index is -3.16. The topological polar surface area (TPSA) is 79.7 Å². The maximum Gasteiger partial charge on any atom is 0.354 e. The third-order valence-corrected chi connectivity index (χ3v) is 3.34. The quantitative estimate of drug-likeness (QED) is 0.808. The van der Waals surface area contributed by atoms with Crippen molar-refractivity contribution in [1.29, 1.82) is 0 Å². The molecular formula is C14H17F2NO4. The zero-order valence-corrected chi connectivity index (χ0v) is 11.6. The number of hydrogen-bond donors (Lipinski definition) is 2. The van der Waals surface area contributed by atoms with Gasteiger partial charge in [0.2, 0.25) is 5.88 Å². The first-order valence-corrected chi connectivity index (χ1v) is 6.72. The van der Waals surface area contributed by atoms with Crippen LogP contribution >= 0.6 is 0 Å². The highest BCUT2D eigenvalue weighted by Crippen LogP contribution is 2.44. The molecule has 1 aliphatic carbocycles. The van der Waals surface area contributed by atoms with Gasteiger partial charge in [0, 0.05) is 25.5 Å². The molecule has 2 rings (SSSR count). The Kier molecular flexibility index (Phi) is 4.41. The van der Waals surface area contributed by atoms with Gasteiger partial charge in [0.25, 0.3) is 5.92 Å². The molecule has 0 aromatic carbocycles. The fourth-order valence-electron chi connectivity index (χ4n) is 2.04. The Balaban J connectivity index is 2.31. The summed E-state index contributed by atoms with van der Waals surface area (Å²) in [5, 5.41) is 17.8. The van der Waals surface area contributed by atoms with Gasteiger partial charge in [-0.05, 0) is 24.8 Å². The highest BCUT2D eigenvalue weighted by molar-refractivity contribution is 5.85. The van der Waals surface area contributed by atoms with Gasteiger partial charge in [-0.25, -0.2) is 18.6 Å². The predicted molar refractivity (Wildman–Crippen MR) is 69.9 cm³/mol. The Labute approximate surface area is 120 Å². The number of pyridine rings is 1. The van der Waals surface area contributed by atoms with Crippen molar-refractivity contribution >= 4 is 5.97 Å². The number of carboxylic acids is 1. The molecule has 1 fully saturated rings. The summed E-state index contributed by atoms with van der Waals surface area (Å²) in [5.41, 5.74) is 0.392. The largest absolute Gasteiger partial charge is 0.477 e. The van der Waals surface area contributed by atoms with E-state index in [2.05, 4.69) is 4.98 Å². The molecule has 0 amide bonds. The Bertz CT molecular complexity index is 526. The Morgan fingerprint density at radius 1 is 1.52 bits per heavy atom. The van der Waals surface area contributed by atoms with Crippen LogP contribution in [-0.4, -0.2) is 39.8 Å². The molecule has 1 aromatic rings. The molecule has 1 aliphatic rings. The summed E-state index contributed by atoms with van der Waals surface area (Å²) in [6.45, 7) is 0.247. The minimum Gasteiger partial charge on any atom is -0.477 e. The van der Waals surface area contributed by atoms with Gasteiger partial charge >= 0.3 is 5.97 Å². The molecule has 7 heteroatoms. The van der Waals surface area contributed by atoms with E-state index < -0.39 is 24.6 Å². The summed E-state index contributed by atoms with van der Waals surface area (Å²) in [6.07, 6.45) is -0.00134. The van der Waals surface area contributed by atoms with E-state index in [0.717, 1.165) is 12.8 Å². The SMILES string of the molecule is CC(F)(F)[C@@H](CCO)Oc1nc(C(=O)O)ccc1C1CC1. The lowest BCUT2D eigenvalue weighted by atomic mass is 10.1. The van der Waals surface area contributed by atoms with E-state index in [1.54, 1.807) is 6.07 Å². The summed E-state index contributed by atoms with van der Waals surface area (Å²) >= 11 is 0. The van der Waals surface area contributed by atoms with E-state index in [-0.39, 0.29) is 23.9 Å². The maximum atomic E-state index is 13.5. The molecule has 2 N–H and O–H groups in total. The van der Waals surface area contributed by atoms with Crippen LogP contribution in [0.25, 0.3) is 0 Å². The van der Waals surface area contributed by atoms with E-state index in [1.807, 2.05) is 0 Å². The number of aliphatic hydroxyl groups excluding tert-OH is 1. The summed E-state index contributed by atoms with van der Waals surface area (Å²) < 4.78 is 32.2.